The van der Waals surface area contributed by atoms with Crippen molar-refractivity contribution >= 4 is 47.6 Å². The van der Waals surface area contributed by atoms with Gasteiger partial charge in [-0.1, -0.05) is 20.8 Å². The molecular weight excluding hydrogens is 473 g/mol. The Bertz CT molecular complexity index is 489. The number of nitrogens with one attached hydrogen (secondary N) is 1. The molecule has 2 fully saturated rings. The summed E-state index contributed by atoms with van der Waals surface area (Å²) in [6.45, 7) is 12.3. The SMILES string of the molecule is CCN1CCCC1CNC(=NCC(=O)N(C)C)N1CCSC(C(C)C)C1.I. The number of likely N-dealkylation sites (tertiary alicyclic amines) is 1. The Balaban J connectivity index is 0.00000364. The summed E-state index contributed by atoms with van der Waals surface area (Å²) in [4.78, 5) is 23.2. The van der Waals surface area contributed by atoms with E-state index < -0.39 is 0 Å². The van der Waals surface area contributed by atoms with Gasteiger partial charge in [0.25, 0.3) is 0 Å². The van der Waals surface area contributed by atoms with Gasteiger partial charge in [0.05, 0.1) is 0 Å². The van der Waals surface area contributed by atoms with Gasteiger partial charge in [-0.15, -0.1) is 24.0 Å². The van der Waals surface area contributed by atoms with Gasteiger partial charge in [0, 0.05) is 50.8 Å². The van der Waals surface area contributed by atoms with Gasteiger partial charge >= 0.3 is 0 Å². The Labute approximate surface area is 186 Å². The molecule has 2 atom stereocenters. The number of carbonyl (C=O) groups is 1. The van der Waals surface area contributed by atoms with Crippen molar-refractivity contribution in [3.63, 3.8) is 0 Å². The zero-order valence-corrected chi connectivity index (χ0v) is 20.8. The van der Waals surface area contributed by atoms with Crippen LogP contribution in [-0.4, -0.2) is 97.0 Å². The fourth-order valence-corrected chi connectivity index (χ4v) is 4.87. The first-order chi connectivity index (χ1) is 12.4. The fraction of sp³-hybridized carbons (Fsp3) is 0.895. The molecule has 158 valence electrons. The number of nitrogens with zero attached hydrogens (tertiary/aromatic N) is 4. The monoisotopic (exact) mass is 511 g/mol. The van der Waals surface area contributed by atoms with Gasteiger partial charge in [-0.05, 0) is 31.8 Å². The van der Waals surface area contributed by atoms with Crippen molar-refractivity contribution < 1.29 is 4.79 Å². The molecule has 0 saturated carbocycles. The molecule has 1 N–H and O–H groups in total. The highest BCUT2D eigenvalue weighted by atomic mass is 127. The third kappa shape index (κ3) is 7.61. The van der Waals surface area contributed by atoms with E-state index in [1.165, 1.54) is 19.4 Å². The number of hydrogen-bond donors (Lipinski definition) is 1. The van der Waals surface area contributed by atoms with Gasteiger partial charge in [0.1, 0.15) is 6.54 Å². The first kappa shape index (κ1) is 24.8. The van der Waals surface area contributed by atoms with Crippen molar-refractivity contribution in [3.05, 3.63) is 0 Å². The van der Waals surface area contributed by atoms with Gasteiger partial charge in [0.2, 0.25) is 5.91 Å². The smallest absolute Gasteiger partial charge is 0.243 e. The molecule has 2 rings (SSSR count). The van der Waals surface area contributed by atoms with Crippen LogP contribution in [0.2, 0.25) is 0 Å². The van der Waals surface area contributed by atoms with Crippen LogP contribution in [0.4, 0.5) is 0 Å². The number of rotatable bonds is 6. The molecule has 8 heteroatoms. The lowest BCUT2D eigenvalue weighted by Crippen LogP contribution is -2.51. The van der Waals surface area contributed by atoms with Crippen molar-refractivity contribution in [2.24, 2.45) is 10.9 Å². The van der Waals surface area contributed by atoms with E-state index in [4.69, 9.17) is 0 Å². The van der Waals surface area contributed by atoms with Gasteiger partial charge in [-0.25, -0.2) is 4.99 Å². The lowest BCUT2D eigenvalue weighted by atomic mass is 10.1. The van der Waals surface area contributed by atoms with Crippen LogP contribution in [0.15, 0.2) is 4.99 Å². The first-order valence-electron chi connectivity index (χ1n) is 10.0. The van der Waals surface area contributed by atoms with Crippen molar-refractivity contribution in [1.82, 2.24) is 20.0 Å². The van der Waals surface area contributed by atoms with Crippen molar-refractivity contribution in [3.8, 4) is 0 Å². The maximum Gasteiger partial charge on any atom is 0.243 e. The standard InChI is InChI=1S/C19H37N5OS.HI/c1-6-23-9-7-8-16(23)12-20-19(21-13-18(25)22(4)5)24-10-11-26-17(14-24)15(2)3;/h15-17H,6-14H2,1-5H3,(H,20,21);1H. The molecule has 0 bridgehead atoms. The molecule has 2 heterocycles. The van der Waals surface area contributed by atoms with Crippen molar-refractivity contribution in [1.29, 1.82) is 0 Å². The van der Waals surface area contributed by atoms with E-state index >= 15 is 0 Å². The Morgan fingerprint density at radius 1 is 1.33 bits per heavy atom. The molecule has 6 nitrogen and oxygen atoms in total. The summed E-state index contributed by atoms with van der Waals surface area (Å²) in [5, 5.41) is 4.23. The highest BCUT2D eigenvalue weighted by molar-refractivity contribution is 14.0. The minimum absolute atomic E-state index is 0. The molecule has 2 unspecified atom stereocenters. The average molecular weight is 512 g/mol. The average Bonchev–Trinajstić information content (AvgIpc) is 3.09. The van der Waals surface area contributed by atoms with Gasteiger partial charge in [-0.2, -0.15) is 11.8 Å². The summed E-state index contributed by atoms with van der Waals surface area (Å²) < 4.78 is 0. The van der Waals surface area contributed by atoms with Crippen LogP contribution in [0, 0.1) is 5.92 Å². The molecule has 0 aliphatic carbocycles. The number of guanidine groups is 1. The van der Waals surface area contributed by atoms with Crippen LogP contribution in [-0.2, 0) is 4.79 Å². The Morgan fingerprint density at radius 3 is 2.70 bits per heavy atom. The first-order valence-corrected chi connectivity index (χ1v) is 11.1. The van der Waals surface area contributed by atoms with Crippen LogP contribution >= 0.6 is 35.7 Å². The molecule has 2 aliphatic heterocycles. The number of carbonyl (C=O) groups excluding carboxylic acids is 1. The number of likely N-dealkylation sites (N-methyl/N-ethyl adjacent to an activating group) is 2. The normalized spacial score (nSPS) is 24.1. The van der Waals surface area contributed by atoms with Crippen molar-refractivity contribution in [2.75, 3.05) is 59.1 Å². The minimum Gasteiger partial charge on any atom is -0.355 e. The predicted molar refractivity (Wildman–Crippen MR) is 127 cm³/mol. The third-order valence-corrected chi connectivity index (χ3v) is 6.94. The number of halogens is 1. The van der Waals surface area contributed by atoms with Crippen molar-refractivity contribution in [2.45, 2.75) is 44.9 Å². The lowest BCUT2D eigenvalue weighted by Gasteiger charge is -2.37. The molecule has 1 amide bonds. The van der Waals surface area contributed by atoms with E-state index in [2.05, 4.69) is 52.6 Å². The Hall–Kier alpha value is -0.220. The molecule has 0 aromatic carbocycles. The van der Waals surface area contributed by atoms with E-state index in [0.717, 1.165) is 37.9 Å². The van der Waals surface area contributed by atoms with Crippen LogP contribution in [0.1, 0.15) is 33.6 Å². The summed E-state index contributed by atoms with van der Waals surface area (Å²) in [5.41, 5.74) is 0. The molecule has 0 aromatic rings. The number of aliphatic imine (C=N–C) groups is 1. The molecule has 27 heavy (non-hydrogen) atoms. The zero-order valence-electron chi connectivity index (χ0n) is 17.6. The Kier molecular flexibility index (Phi) is 11.4. The van der Waals surface area contributed by atoms with Gasteiger partial charge in [-0.3, -0.25) is 9.69 Å². The molecule has 0 aromatic heterocycles. The minimum atomic E-state index is 0. The van der Waals surface area contributed by atoms with Crippen LogP contribution < -0.4 is 5.32 Å². The number of amides is 1. The van der Waals surface area contributed by atoms with E-state index in [1.807, 2.05) is 0 Å². The second-order valence-electron chi connectivity index (χ2n) is 7.83. The van der Waals surface area contributed by atoms with Crippen LogP contribution in [0.5, 0.6) is 0 Å². The quantitative estimate of drug-likeness (QED) is 0.337. The molecule has 0 spiro atoms. The van der Waals surface area contributed by atoms with Gasteiger partial charge in [0.15, 0.2) is 5.96 Å². The summed E-state index contributed by atoms with van der Waals surface area (Å²) in [6, 6.07) is 0.579. The maximum absolute atomic E-state index is 12.0. The molecular formula is C19H38IN5OS. The second-order valence-corrected chi connectivity index (χ2v) is 9.18. The zero-order chi connectivity index (χ0) is 19.1. The highest BCUT2D eigenvalue weighted by Gasteiger charge is 2.27. The molecule has 0 radical (unpaired) electrons. The highest BCUT2D eigenvalue weighted by Crippen LogP contribution is 2.25. The molecule has 2 saturated heterocycles. The summed E-state index contributed by atoms with van der Waals surface area (Å²) in [7, 11) is 3.57. The largest absolute Gasteiger partial charge is 0.355 e. The molecule has 2 aliphatic rings. The number of thioether (sulfide) groups is 1. The maximum atomic E-state index is 12.0. The van der Waals surface area contributed by atoms with E-state index in [1.54, 1.807) is 19.0 Å². The Morgan fingerprint density at radius 2 is 2.07 bits per heavy atom. The third-order valence-electron chi connectivity index (χ3n) is 5.40. The predicted octanol–water partition coefficient (Wildman–Crippen LogP) is 2.20. The summed E-state index contributed by atoms with van der Waals surface area (Å²) in [5.74, 6) is 2.73. The lowest BCUT2D eigenvalue weighted by molar-refractivity contribution is -0.127. The van der Waals surface area contributed by atoms with E-state index in [9.17, 15) is 4.79 Å². The van der Waals surface area contributed by atoms with Crippen LogP contribution in [0.25, 0.3) is 0 Å². The number of hydrogen-bond acceptors (Lipinski definition) is 4. The van der Waals surface area contributed by atoms with Crippen LogP contribution in [0.3, 0.4) is 0 Å². The van der Waals surface area contributed by atoms with E-state index in [-0.39, 0.29) is 36.4 Å². The van der Waals surface area contributed by atoms with E-state index in [0.29, 0.717) is 17.2 Å². The fourth-order valence-electron chi connectivity index (χ4n) is 3.57. The summed E-state index contributed by atoms with van der Waals surface area (Å²) >= 11 is 2.06. The topological polar surface area (TPSA) is 51.2 Å². The van der Waals surface area contributed by atoms with Gasteiger partial charge < -0.3 is 15.1 Å². The summed E-state index contributed by atoms with van der Waals surface area (Å²) in [6.07, 6.45) is 2.52. The second kappa shape index (κ2) is 12.4.